The van der Waals surface area contributed by atoms with Crippen molar-refractivity contribution in [2.45, 2.75) is 19.3 Å². The van der Waals surface area contributed by atoms with Crippen molar-refractivity contribution in [1.29, 1.82) is 0 Å². The summed E-state index contributed by atoms with van der Waals surface area (Å²) >= 11 is 3.44. The number of amides is 1. The Labute approximate surface area is 121 Å². The molecule has 0 unspecified atom stereocenters. The first-order valence-electron chi connectivity index (χ1n) is 6.31. The number of carbonyl (C=O) groups is 1. The molecule has 4 nitrogen and oxygen atoms in total. The van der Waals surface area contributed by atoms with Crippen LogP contribution in [0.1, 0.15) is 29.6 Å². The molecule has 0 spiro atoms. The van der Waals surface area contributed by atoms with Crippen LogP contribution >= 0.6 is 15.9 Å². The first kappa shape index (κ1) is 14.2. The molecule has 1 saturated carbocycles. The Morgan fingerprint density at radius 3 is 2.84 bits per heavy atom. The van der Waals surface area contributed by atoms with Crippen molar-refractivity contribution in [3.63, 3.8) is 0 Å². The van der Waals surface area contributed by atoms with Crippen molar-refractivity contribution in [1.82, 2.24) is 5.32 Å². The van der Waals surface area contributed by atoms with Crippen LogP contribution in [0.25, 0.3) is 0 Å². The zero-order valence-electron chi connectivity index (χ0n) is 10.9. The molecule has 0 aromatic heterocycles. The monoisotopic (exact) mass is 327 g/mol. The minimum atomic E-state index is -0.253. The van der Waals surface area contributed by atoms with Gasteiger partial charge in [0.25, 0.3) is 5.91 Å². The highest BCUT2D eigenvalue weighted by Gasteiger charge is 2.41. The number of phenolic OH excluding ortho intramolecular Hbond substituents is 1. The van der Waals surface area contributed by atoms with Crippen LogP contribution in [0, 0.1) is 5.41 Å². The molecule has 104 valence electrons. The van der Waals surface area contributed by atoms with Gasteiger partial charge < -0.3 is 15.2 Å². The number of alkyl halides is 1. The molecule has 5 heteroatoms. The number of carbonyl (C=O) groups excluding carboxylic acids is 1. The minimum Gasteiger partial charge on any atom is -0.507 e. The maximum absolute atomic E-state index is 12.1. The summed E-state index contributed by atoms with van der Waals surface area (Å²) < 4.78 is 5.06. The number of phenols is 1. The van der Waals surface area contributed by atoms with E-state index in [0.717, 1.165) is 24.6 Å². The van der Waals surface area contributed by atoms with Crippen molar-refractivity contribution in [3.8, 4) is 11.5 Å². The number of hydrogen-bond acceptors (Lipinski definition) is 3. The lowest BCUT2D eigenvalue weighted by atomic mass is 10.0. The van der Waals surface area contributed by atoms with E-state index in [1.807, 2.05) is 0 Å². The maximum atomic E-state index is 12.1. The van der Waals surface area contributed by atoms with Crippen molar-refractivity contribution < 1.29 is 14.6 Å². The molecule has 0 aliphatic heterocycles. The van der Waals surface area contributed by atoms with E-state index in [-0.39, 0.29) is 22.6 Å². The van der Waals surface area contributed by atoms with Crippen molar-refractivity contribution >= 4 is 21.8 Å². The second-order valence-electron chi connectivity index (χ2n) is 5.00. The van der Waals surface area contributed by atoms with Gasteiger partial charge in [0.05, 0.1) is 12.7 Å². The second-order valence-corrected chi connectivity index (χ2v) is 5.80. The number of halogens is 1. The van der Waals surface area contributed by atoms with Gasteiger partial charge in [-0.1, -0.05) is 15.9 Å². The molecule has 1 fully saturated rings. The Bertz CT molecular complexity index is 472. The Morgan fingerprint density at radius 2 is 2.26 bits per heavy atom. The third-order valence-electron chi connectivity index (χ3n) is 3.65. The van der Waals surface area contributed by atoms with Crippen molar-refractivity contribution in [2.24, 2.45) is 5.41 Å². The Morgan fingerprint density at radius 1 is 1.53 bits per heavy atom. The van der Waals surface area contributed by atoms with Gasteiger partial charge in [-0.2, -0.15) is 0 Å². The van der Waals surface area contributed by atoms with Crippen LogP contribution in [0.15, 0.2) is 18.2 Å². The zero-order chi connectivity index (χ0) is 13.9. The second kappa shape index (κ2) is 5.82. The molecule has 2 N–H and O–H groups in total. The summed E-state index contributed by atoms with van der Waals surface area (Å²) in [6.45, 7) is 0.661. The smallest absolute Gasteiger partial charge is 0.255 e. The van der Waals surface area contributed by atoms with E-state index in [4.69, 9.17) is 4.74 Å². The molecular formula is C14H18BrNO3. The highest BCUT2D eigenvalue weighted by atomic mass is 79.9. The van der Waals surface area contributed by atoms with E-state index in [1.54, 1.807) is 12.1 Å². The lowest BCUT2D eigenvalue weighted by molar-refractivity contribution is 0.0941. The first-order chi connectivity index (χ1) is 9.10. The largest absolute Gasteiger partial charge is 0.507 e. The van der Waals surface area contributed by atoms with Gasteiger partial charge in [-0.25, -0.2) is 0 Å². The molecule has 1 aromatic rings. The van der Waals surface area contributed by atoms with Gasteiger partial charge in [0.2, 0.25) is 0 Å². The van der Waals surface area contributed by atoms with Crippen LogP contribution in [0.3, 0.4) is 0 Å². The minimum absolute atomic E-state index is 0.0244. The predicted molar refractivity (Wildman–Crippen MR) is 77.1 cm³/mol. The first-order valence-corrected chi connectivity index (χ1v) is 7.43. The third-order valence-corrected chi connectivity index (χ3v) is 4.05. The molecule has 0 heterocycles. The fraction of sp³-hybridized carbons (Fsp3) is 0.500. The summed E-state index contributed by atoms with van der Waals surface area (Å²) in [7, 11) is 1.53. The molecule has 1 amide bonds. The van der Waals surface area contributed by atoms with Crippen LogP contribution in [0.2, 0.25) is 0 Å². The number of nitrogens with one attached hydrogen (secondary N) is 1. The van der Waals surface area contributed by atoms with Gasteiger partial charge in [0, 0.05) is 11.9 Å². The third kappa shape index (κ3) is 3.41. The van der Waals surface area contributed by atoms with Crippen LogP contribution in [-0.2, 0) is 0 Å². The fourth-order valence-corrected chi connectivity index (χ4v) is 2.92. The molecule has 0 saturated heterocycles. The van der Waals surface area contributed by atoms with Crippen LogP contribution in [-0.4, -0.2) is 30.0 Å². The maximum Gasteiger partial charge on any atom is 0.255 e. The number of rotatable bonds is 6. The van der Waals surface area contributed by atoms with Gasteiger partial charge in [0.15, 0.2) is 0 Å². The highest BCUT2D eigenvalue weighted by Crippen LogP contribution is 2.48. The van der Waals surface area contributed by atoms with Crippen molar-refractivity contribution in [2.75, 3.05) is 19.0 Å². The molecular weight excluding hydrogens is 310 g/mol. The van der Waals surface area contributed by atoms with Crippen LogP contribution in [0.4, 0.5) is 0 Å². The normalized spacial score (nSPS) is 15.9. The Kier molecular flexibility index (Phi) is 4.34. The summed E-state index contributed by atoms with van der Waals surface area (Å²) in [6.07, 6.45) is 3.38. The molecule has 1 aromatic carbocycles. The molecule has 0 radical (unpaired) electrons. The van der Waals surface area contributed by atoms with E-state index < -0.39 is 0 Å². The zero-order valence-corrected chi connectivity index (χ0v) is 12.5. The van der Waals surface area contributed by atoms with Gasteiger partial charge in [-0.05, 0) is 42.9 Å². The molecule has 19 heavy (non-hydrogen) atoms. The molecule has 2 rings (SSSR count). The summed E-state index contributed by atoms with van der Waals surface area (Å²) in [5.74, 6) is 0.283. The van der Waals surface area contributed by atoms with E-state index in [9.17, 15) is 9.90 Å². The number of benzene rings is 1. The predicted octanol–water partition coefficient (Wildman–Crippen LogP) is 2.70. The summed E-state index contributed by atoms with van der Waals surface area (Å²) in [5.41, 5.74) is 0.516. The number of ether oxygens (including phenoxy) is 1. The quantitative estimate of drug-likeness (QED) is 0.790. The van der Waals surface area contributed by atoms with Crippen molar-refractivity contribution in [3.05, 3.63) is 23.8 Å². The fourth-order valence-electron chi connectivity index (χ4n) is 2.08. The Hall–Kier alpha value is -1.23. The summed E-state index contributed by atoms with van der Waals surface area (Å²) in [5, 5.41) is 13.6. The Balaban J connectivity index is 2.00. The molecule has 0 bridgehead atoms. The molecule has 1 aliphatic carbocycles. The number of aromatic hydroxyl groups is 1. The number of hydrogen-bond donors (Lipinski definition) is 2. The van der Waals surface area contributed by atoms with E-state index in [0.29, 0.717) is 12.3 Å². The highest BCUT2D eigenvalue weighted by molar-refractivity contribution is 9.09. The topological polar surface area (TPSA) is 58.6 Å². The van der Waals surface area contributed by atoms with E-state index in [2.05, 4.69) is 21.2 Å². The van der Waals surface area contributed by atoms with E-state index in [1.165, 1.54) is 13.2 Å². The SMILES string of the molecule is COc1ccc(O)c(C(=O)NCC2(CCBr)CC2)c1. The van der Waals surface area contributed by atoms with Crippen LogP contribution in [0.5, 0.6) is 11.5 Å². The number of methoxy groups -OCH3 is 1. The van der Waals surface area contributed by atoms with Gasteiger partial charge in [-0.15, -0.1) is 0 Å². The lowest BCUT2D eigenvalue weighted by Crippen LogP contribution is -2.30. The van der Waals surface area contributed by atoms with Crippen LogP contribution < -0.4 is 10.1 Å². The summed E-state index contributed by atoms with van der Waals surface area (Å²) in [4.78, 5) is 12.1. The molecule has 1 aliphatic rings. The van der Waals surface area contributed by atoms with E-state index >= 15 is 0 Å². The summed E-state index contributed by atoms with van der Waals surface area (Å²) in [6, 6.07) is 4.65. The average molecular weight is 328 g/mol. The average Bonchev–Trinajstić information content (AvgIpc) is 3.17. The molecule has 0 atom stereocenters. The lowest BCUT2D eigenvalue weighted by Gasteiger charge is -2.15. The standard InChI is InChI=1S/C14H18BrNO3/c1-19-10-2-3-12(17)11(8-10)13(18)16-9-14(4-5-14)6-7-15/h2-3,8,17H,4-7,9H2,1H3,(H,16,18). The van der Waals surface area contributed by atoms with Gasteiger partial charge >= 0.3 is 0 Å². The van der Waals surface area contributed by atoms with Gasteiger partial charge in [0.1, 0.15) is 11.5 Å². The van der Waals surface area contributed by atoms with Gasteiger partial charge in [-0.3, -0.25) is 4.79 Å².